The number of fused-ring (bicyclic) bond motifs is 1. The molecule has 0 unspecified atom stereocenters. The van der Waals surface area contributed by atoms with E-state index in [1.165, 1.54) is 23.0 Å². The Morgan fingerprint density at radius 2 is 1.76 bits per heavy atom. The molecule has 2 aromatic heterocycles. The van der Waals surface area contributed by atoms with E-state index < -0.39 is 80.5 Å². The average molecular weight is 829 g/mol. The van der Waals surface area contributed by atoms with E-state index in [0.29, 0.717) is 12.5 Å². The number of carbonyl (C=O) groups is 2. The molecule has 5 atom stereocenters. The number of nitrogen functional groups attached to an aromatic ring is 1. The molecule has 14 nitrogen and oxygen atoms in total. The van der Waals surface area contributed by atoms with E-state index in [1.807, 2.05) is 0 Å². The van der Waals surface area contributed by atoms with Gasteiger partial charge >= 0.3 is 25.8 Å². The molecular formula is C40H48F3N6O8P. The Morgan fingerprint density at radius 3 is 2.43 bits per heavy atom. The number of unbranched alkanes of at least 4 members (excludes halogenated alkanes) is 6. The summed E-state index contributed by atoms with van der Waals surface area (Å²) >= 11 is 0. The van der Waals surface area contributed by atoms with E-state index in [0.717, 1.165) is 50.7 Å². The highest BCUT2D eigenvalue weighted by atomic mass is 31.2. The van der Waals surface area contributed by atoms with Gasteiger partial charge in [-0.25, -0.2) is 18.3 Å². The van der Waals surface area contributed by atoms with Gasteiger partial charge in [0.1, 0.15) is 42.4 Å². The van der Waals surface area contributed by atoms with Crippen molar-refractivity contribution >= 4 is 36.7 Å². The Hall–Kier alpha value is -5.01. The van der Waals surface area contributed by atoms with Crippen LogP contribution in [0.4, 0.5) is 19.0 Å². The number of rotatable bonds is 21. The number of nitrogens with one attached hydrogen (secondary N) is 1. The minimum Gasteiger partial charge on any atom is -0.462 e. The summed E-state index contributed by atoms with van der Waals surface area (Å²) in [6.45, 7) is 4.55. The van der Waals surface area contributed by atoms with E-state index in [-0.39, 0.29) is 41.1 Å². The Labute approximate surface area is 334 Å². The molecule has 2 aromatic carbocycles. The highest BCUT2D eigenvalue weighted by Gasteiger charge is 2.53. The van der Waals surface area contributed by atoms with E-state index in [1.54, 1.807) is 32.0 Å². The van der Waals surface area contributed by atoms with Crippen LogP contribution in [0.1, 0.15) is 90.3 Å². The van der Waals surface area contributed by atoms with Gasteiger partial charge in [-0.05, 0) is 56.5 Å². The molecule has 0 radical (unpaired) electrons. The van der Waals surface area contributed by atoms with Gasteiger partial charge in [-0.15, -0.1) is 6.42 Å². The fourth-order valence-corrected chi connectivity index (χ4v) is 7.98. The number of hydrogen-bond acceptors (Lipinski definition) is 12. The second kappa shape index (κ2) is 20.1. The number of ether oxygens (including phenoxy) is 3. The molecular weight excluding hydrogens is 780 g/mol. The lowest BCUT2D eigenvalue weighted by molar-refractivity contribution is -0.158. The van der Waals surface area contributed by atoms with Gasteiger partial charge in [-0.3, -0.25) is 18.7 Å². The van der Waals surface area contributed by atoms with Crippen molar-refractivity contribution in [2.45, 2.75) is 115 Å². The van der Waals surface area contributed by atoms with E-state index in [9.17, 15) is 27.3 Å². The number of hydrogen-bond donors (Lipinski definition) is 2. The summed E-state index contributed by atoms with van der Waals surface area (Å²) in [5, 5.41) is 2.59. The zero-order chi connectivity index (χ0) is 41.9. The van der Waals surface area contributed by atoms with Crippen LogP contribution >= 0.6 is 7.75 Å². The number of anilines is 1. The van der Waals surface area contributed by atoms with Crippen LogP contribution in [0.25, 0.3) is 11.2 Å². The molecule has 0 aliphatic carbocycles. The molecule has 4 aromatic rings. The molecule has 18 heteroatoms. The molecule has 0 bridgehead atoms. The van der Waals surface area contributed by atoms with E-state index in [2.05, 4.69) is 32.9 Å². The molecule has 1 aliphatic rings. The van der Waals surface area contributed by atoms with Gasteiger partial charge in [0.15, 0.2) is 22.6 Å². The molecule has 5 rings (SSSR count). The third-order valence-corrected chi connectivity index (χ3v) is 10.8. The number of nitrogens with zero attached hydrogens (tertiary/aromatic N) is 4. The summed E-state index contributed by atoms with van der Waals surface area (Å²) in [5.74, 6) is -0.958. The highest BCUT2D eigenvalue weighted by molar-refractivity contribution is 7.52. The second-order valence-corrected chi connectivity index (χ2v) is 15.9. The van der Waals surface area contributed by atoms with Crippen LogP contribution in [-0.4, -0.2) is 61.9 Å². The van der Waals surface area contributed by atoms with Crippen LogP contribution in [0.3, 0.4) is 0 Å². The first kappa shape index (κ1) is 44.1. The third-order valence-electron chi connectivity index (χ3n) is 9.25. The lowest BCUT2D eigenvalue weighted by atomic mass is 9.98. The highest BCUT2D eigenvalue weighted by Crippen LogP contribution is 2.49. The largest absolute Gasteiger partial charge is 0.462 e. The Kier molecular flexibility index (Phi) is 15.3. The maximum absolute atomic E-state index is 14.8. The number of imidazole rings is 1. The van der Waals surface area contributed by atoms with Crippen LogP contribution in [0.2, 0.25) is 0 Å². The van der Waals surface area contributed by atoms with Crippen molar-refractivity contribution in [2.24, 2.45) is 0 Å². The monoisotopic (exact) mass is 828 g/mol. The molecule has 0 amide bonds. The fourth-order valence-electron chi connectivity index (χ4n) is 6.46. The Bertz CT molecular complexity index is 2100. The van der Waals surface area contributed by atoms with Gasteiger partial charge in [-0.1, -0.05) is 69.6 Å². The summed E-state index contributed by atoms with van der Waals surface area (Å²) < 4.78 is 88.6. The van der Waals surface area contributed by atoms with E-state index in [4.69, 9.17) is 35.4 Å². The van der Waals surface area contributed by atoms with Crippen LogP contribution < -0.4 is 15.3 Å². The smallest absolute Gasteiger partial charge is 0.459 e. The minimum atomic E-state index is -4.75. The third kappa shape index (κ3) is 11.8. The van der Waals surface area contributed by atoms with Gasteiger partial charge in [0, 0.05) is 18.9 Å². The van der Waals surface area contributed by atoms with Crippen LogP contribution in [0.15, 0.2) is 54.9 Å². The van der Waals surface area contributed by atoms with Crippen LogP contribution in [0, 0.1) is 30.1 Å². The van der Waals surface area contributed by atoms with Crippen LogP contribution in [0.5, 0.6) is 5.75 Å². The van der Waals surface area contributed by atoms with E-state index >= 15 is 0 Å². The molecule has 0 spiro atoms. The predicted octanol–water partition coefficient (Wildman–Crippen LogP) is 7.53. The van der Waals surface area contributed by atoms with Crippen molar-refractivity contribution in [2.75, 3.05) is 12.3 Å². The first-order valence-corrected chi connectivity index (χ1v) is 20.7. The maximum atomic E-state index is 14.8. The van der Waals surface area contributed by atoms with Crippen molar-refractivity contribution in [1.82, 2.24) is 24.6 Å². The molecule has 0 saturated carbocycles. The molecule has 312 valence electrons. The first-order valence-electron chi connectivity index (χ1n) is 19.2. The Morgan fingerprint density at radius 1 is 1.07 bits per heavy atom. The van der Waals surface area contributed by atoms with Crippen molar-refractivity contribution in [1.29, 1.82) is 0 Å². The number of terminal acetylenes is 1. The van der Waals surface area contributed by atoms with Gasteiger partial charge in [-0.2, -0.15) is 19.4 Å². The quantitative estimate of drug-likeness (QED) is 0.0277. The standard InChI is InChI=1S/C40H48F3N6O8P/c1-5-7-8-9-10-11-15-18-34(50)55-32-23-33(49-25-45-35-36(44)46-39(43)47-37(35)49)56-40(32,6-2)24-53-58(52,57-30-16-13-12-14-17-30)48-31(38(51)54-26(3)4)21-27-19-28(41)22-29(42)20-27/h2,12-14,16-17,19-20,22,25-26,31-33H,5,7-11,15,18,21,23-24H2,1,3-4H3,(H,48,52)(H2,44,46,47)/t31-,32-,33+,40+,58-/m0/s1. The summed E-state index contributed by atoms with van der Waals surface area (Å²) in [4.78, 5) is 38.3. The number of esters is 2. The minimum absolute atomic E-state index is 0.0306. The van der Waals surface area contributed by atoms with Gasteiger partial charge in [0.05, 0.1) is 12.4 Å². The topological polar surface area (TPSA) is 179 Å². The summed E-state index contributed by atoms with van der Waals surface area (Å²) in [6.07, 6.45) is 9.69. The summed E-state index contributed by atoms with van der Waals surface area (Å²) in [5.41, 5.74) is 4.00. The van der Waals surface area contributed by atoms with Gasteiger partial charge in [0.2, 0.25) is 0 Å². The molecule has 3 heterocycles. The molecule has 58 heavy (non-hydrogen) atoms. The number of halogens is 3. The molecule has 1 saturated heterocycles. The normalized spacial score (nSPS) is 19.4. The number of nitrogens with two attached hydrogens (primary N) is 1. The zero-order valence-electron chi connectivity index (χ0n) is 32.6. The number of carbonyl (C=O) groups excluding carboxylic acids is 2. The average Bonchev–Trinajstić information content (AvgIpc) is 3.75. The van der Waals surface area contributed by atoms with Crippen molar-refractivity contribution < 1.29 is 50.6 Å². The SMILES string of the molecule is C#C[C@]1(CO[P@@](=O)(N[C@@H](Cc2cc(F)cc(F)c2)C(=O)OC(C)C)Oc2ccccc2)O[C@@H](n2cnc3c(N)nc(F)nc32)C[C@@H]1OC(=O)CCCCCCCCC. The van der Waals surface area contributed by atoms with Crippen molar-refractivity contribution in [3.8, 4) is 18.1 Å². The first-order chi connectivity index (χ1) is 27.7. The molecule has 1 aliphatic heterocycles. The number of benzene rings is 2. The number of para-hydroxylation sites is 1. The van der Waals surface area contributed by atoms with Crippen molar-refractivity contribution in [3.63, 3.8) is 0 Å². The van der Waals surface area contributed by atoms with Crippen molar-refractivity contribution in [3.05, 3.63) is 78.1 Å². The zero-order valence-corrected chi connectivity index (χ0v) is 33.5. The van der Waals surface area contributed by atoms with Gasteiger partial charge < -0.3 is 24.5 Å². The predicted molar refractivity (Wildman–Crippen MR) is 207 cm³/mol. The van der Waals surface area contributed by atoms with Gasteiger partial charge in [0.25, 0.3) is 0 Å². The van der Waals surface area contributed by atoms with Crippen LogP contribution in [-0.2, 0) is 39.3 Å². The Balaban J connectivity index is 1.45. The molecule has 3 N–H and O–H groups in total. The lowest BCUT2D eigenvalue weighted by Crippen LogP contribution is -2.46. The number of aromatic nitrogens is 4. The fraction of sp³-hybridized carbons (Fsp3) is 0.475. The lowest BCUT2D eigenvalue weighted by Gasteiger charge is -2.31. The summed E-state index contributed by atoms with van der Waals surface area (Å²) in [6, 6.07) is 9.00. The summed E-state index contributed by atoms with van der Waals surface area (Å²) in [7, 11) is -4.75. The second-order valence-electron chi connectivity index (χ2n) is 14.2. The maximum Gasteiger partial charge on any atom is 0.459 e. The molecule has 1 fully saturated rings.